The first-order valence-corrected chi connectivity index (χ1v) is 7.71. The number of nitrogens with one attached hydrogen (secondary N) is 2. The van der Waals surface area contributed by atoms with E-state index in [2.05, 4.69) is 10.6 Å². The molecule has 0 atom stereocenters. The number of hydrogen-bond donors (Lipinski definition) is 2. The van der Waals surface area contributed by atoms with Crippen molar-refractivity contribution in [2.75, 3.05) is 11.9 Å². The summed E-state index contributed by atoms with van der Waals surface area (Å²) >= 11 is 0. The zero-order valence-corrected chi connectivity index (χ0v) is 12.9. The quantitative estimate of drug-likeness (QED) is 0.895. The number of amides is 2. The van der Waals surface area contributed by atoms with Gasteiger partial charge < -0.3 is 10.6 Å². The Morgan fingerprint density at radius 1 is 1.14 bits per heavy atom. The van der Waals surface area contributed by atoms with Gasteiger partial charge in [0.15, 0.2) is 0 Å². The van der Waals surface area contributed by atoms with Crippen molar-refractivity contribution in [2.45, 2.75) is 46.0 Å². The molecule has 0 saturated heterocycles. The van der Waals surface area contributed by atoms with Crippen LogP contribution in [0.15, 0.2) is 18.2 Å². The summed E-state index contributed by atoms with van der Waals surface area (Å²) in [5.74, 6) is -0.0640. The lowest BCUT2D eigenvalue weighted by atomic mass is 9.89. The standard InChI is InChI=1S/C17H24N2O2/c1-12-7-6-10-15(13(12)2)19-16(20)11-18-17(21)14-8-4-3-5-9-14/h6-7,10,14H,3-5,8-9,11H2,1-2H3,(H,18,21)(H,19,20). The van der Waals surface area contributed by atoms with Crippen LogP contribution >= 0.6 is 0 Å². The summed E-state index contributed by atoms with van der Waals surface area (Å²) in [5.41, 5.74) is 3.01. The van der Waals surface area contributed by atoms with Crippen molar-refractivity contribution in [3.05, 3.63) is 29.3 Å². The van der Waals surface area contributed by atoms with Crippen LogP contribution in [0.2, 0.25) is 0 Å². The predicted octanol–water partition coefficient (Wildman–Crippen LogP) is 2.94. The summed E-state index contributed by atoms with van der Waals surface area (Å²) in [6.45, 7) is 4.03. The SMILES string of the molecule is Cc1cccc(NC(=O)CNC(=O)C2CCCCC2)c1C. The van der Waals surface area contributed by atoms with Gasteiger partial charge in [0.2, 0.25) is 11.8 Å². The summed E-state index contributed by atoms with van der Waals surface area (Å²) in [6.07, 6.45) is 5.35. The first-order chi connectivity index (χ1) is 10.1. The maximum atomic E-state index is 12.0. The highest BCUT2D eigenvalue weighted by Gasteiger charge is 2.21. The average Bonchev–Trinajstić information content (AvgIpc) is 2.50. The molecule has 0 unspecified atom stereocenters. The molecule has 1 aliphatic carbocycles. The van der Waals surface area contributed by atoms with Gasteiger partial charge in [0.05, 0.1) is 6.54 Å². The van der Waals surface area contributed by atoms with Crippen LogP contribution in [-0.4, -0.2) is 18.4 Å². The molecule has 0 spiro atoms. The highest BCUT2D eigenvalue weighted by atomic mass is 16.2. The van der Waals surface area contributed by atoms with Crippen LogP contribution in [-0.2, 0) is 9.59 Å². The molecule has 0 aliphatic heterocycles. The number of benzene rings is 1. The molecule has 0 aromatic heterocycles. The van der Waals surface area contributed by atoms with Gasteiger partial charge in [-0.25, -0.2) is 0 Å². The molecule has 1 aliphatic rings. The van der Waals surface area contributed by atoms with Gasteiger partial charge in [-0.1, -0.05) is 31.4 Å². The number of carbonyl (C=O) groups is 2. The van der Waals surface area contributed by atoms with E-state index >= 15 is 0 Å². The second-order valence-electron chi connectivity index (χ2n) is 5.85. The van der Waals surface area contributed by atoms with Crippen molar-refractivity contribution in [2.24, 2.45) is 5.92 Å². The summed E-state index contributed by atoms with van der Waals surface area (Å²) < 4.78 is 0. The molecule has 0 bridgehead atoms. The van der Waals surface area contributed by atoms with Crippen molar-refractivity contribution in [1.29, 1.82) is 0 Å². The third kappa shape index (κ3) is 4.31. The van der Waals surface area contributed by atoms with Crippen LogP contribution in [0.4, 0.5) is 5.69 Å². The van der Waals surface area contributed by atoms with E-state index in [0.717, 1.165) is 42.5 Å². The average molecular weight is 288 g/mol. The van der Waals surface area contributed by atoms with Crippen molar-refractivity contribution < 1.29 is 9.59 Å². The van der Waals surface area contributed by atoms with Crippen molar-refractivity contribution in [3.63, 3.8) is 0 Å². The van der Waals surface area contributed by atoms with Crippen LogP contribution in [0.5, 0.6) is 0 Å². The van der Waals surface area contributed by atoms with Gasteiger partial charge in [-0.05, 0) is 43.9 Å². The maximum Gasteiger partial charge on any atom is 0.243 e. The molecule has 1 fully saturated rings. The van der Waals surface area contributed by atoms with E-state index in [9.17, 15) is 9.59 Å². The van der Waals surface area contributed by atoms with Crippen LogP contribution in [0, 0.1) is 19.8 Å². The molecule has 0 radical (unpaired) electrons. The maximum absolute atomic E-state index is 12.0. The van der Waals surface area contributed by atoms with E-state index < -0.39 is 0 Å². The number of rotatable bonds is 4. The Morgan fingerprint density at radius 3 is 2.57 bits per heavy atom. The molecule has 4 nitrogen and oxygen atoms in total. The fraction of sp³-hybridized carbons (Fsp3) is 0.529. The second-order valence-corrected chi connectivity index (χ2v) is 5.85. The Labute approximate surface area is 126 Å². The Bertz CT molecular complexity index is 520. The molecule has 0 heterocycles. The predicted molar refractivity (Wildman–Crippen MR) is 84.1 cm³/mol. The Kier molecular flexibility index (Phi) is 5.37. The molecule has 2 amide bonds. The lowest BCUT2D eigenvalue weighted by molar-refractivity contribution is -0.128. The van der Waals surface area contributed by atoms with E-state index in [4.69, 9.17) is 0 Å². The van der Waals surface area contributed by atoms with Gasteiger partial charge in [0.1, 0.15) is 0 Å². The molecular weight excluding hydrogens is 264 g/mol. The zero-order chi connectivity index (χ0) is 15.2. The summed E-state index contributed by atoms with van der Waals surface area (Å²) in [6, 6.07) is 5.80. The largest absolute Gasteiger partial charge is 0.347 e. The van der Waals surface area contributed by atoms with Crippen LogP contribution in [0.3, 0.4) is 0 Å². The van der Waals surface area contributed by atoms with E-state index in [1.54, 1.807) is 0 Å². The molecule has 114 valence electrons. The van der Waals surface area contributed by atoms with Gasteiger partial charge in [0.25, 0.3) is 0 Å². The van der Waals surface area contributed by atoms with Crippen LogP contribution in [0.25, 0.3) is 0 Å². The Morgan fingerprint density at radius 2 is 1.86 bits per heavy atom. The van der Waals surface area contributed by atoms with E-state index in [1.165, 1.54) is 6.42 Å². The lowest BCUT2D eigenvalue weighted by Gasteiger charge is -2.20. The Balaban J connectivity index is 1.81. The minimum absolute atomic E-state index is 0.0193. The minimum Gasteiger partial charge on any atom is -0.347 e. The van der Waals surface area contributed by atoms with Gasteiger partial charge in [-0.3, -0.25) is 9.59 Å². The smallest absolute Gasteiger partial charge is 0.243 e. The van der Waals surface area contributed by atoms with E-state index in [0.29, 0.717) is 0 Å². The van der Waals surface area contributed by atoms with Gasteiger partial charge in [0, 0.05) is 11.6 Å². The van der Waals surface area contributed by atoms with Gasteiger partial charge >= 0.3 is 0 Å². The fourth-order valence-corrected chi connectivity index (χ4v) is 2.76. The minimum atomic E-state index is -0.173. The molecule has 1 saturated carbocycles. The molecule has 4 heteroatoms. The first-order valence-electron chi connectivity index (χ1n) is 7.71. The number of carbonyl (C=O) groups excluding carboxylic acids is 2. The number of hydrogen-bond acceptors (Lipinski definition) is 2. The first kappa shape index (κ1) is 15.5. The summed E-state index contributed by atoms with van der Waals surface area (Å²) in [4.78, 5) is 23.9. The van der Waals surface area contributed by atoms with Crippen LogP contribution < -0.4 is 10.6 Å². The second kappa shape index (κ2) is 7.25. The van der Waals surface area contributed by atoms with Gasteiger partial charge in [-0.2, -0.15) is 0 Å². The third-order valence-electron chi connectivity index (χ3n) is 4.28. The molecule has 1 aromatic rings. The van der Waals surface area contributed by atoms with E-state index in [1.807, 2.05) is 32.0 Å². The monoisotopic (exact) mass is 288 g/mol. The molecule has 2 N–H and O–H groups in total. The highest BCUT2D eigenvalue weighted by molar-refractivity contribution is 5.95. The van der Waals surface area contributed by atoms with Crippen LogP contribution in [0.1, 0.15) is 43.2 Å². The zero-order valence-electron chi connectivity index (χ0n) is 12.9. The number of anilines is 1. The topological polar surface area (TPSA) is 58.2 Å². The molecular formula is C17H24N2O2. The van der Waals surface area contributed by atoms with Crippen molar-refractivity contribution >= 4 is 17.5 Å². The summed E-state index contributed by atoms with van der Waals surface area (Å²) in [7, 11) is 0. The third-order valence-corrected chi connectivity index (χ3v) is 4.28. The fourth-order valence-electron chi connectivity index (χ4n) is 2.76. The lowest BCUT2D eigenvalue weighted by Crippen LogP contribution is -2.37. The molecule has 1 aromatic carbocycles. The molecule has 2 rings (SSSR count). The van der Waals surface area contributed by atoms with Gasteiger partial charge in [-0.15, -0.1) is 0 Å². The van der Waals surface area contributed by atoms with Crippen molar-refractivity contribution in [1.82, 2.24) is 5.32 Å². The summed E-state index contributed by atoms with van der Waals surface area (Å²) in [5, 5.41) is 5.61. The van der Waals surface area contributed by atoms with Crippen molar-refractivity contribution in [3.8, 4) is 0 Å². The Hall–Kier alpha value is -1.84. The molecule has 21 heavy (non-hydrogen) atoms. The normalized spacial score (nSPS) is 15.5. The van der Waals surface area contributed by atoms with E-state index in [-0.39, 0.29) is 24.3 Å². The highest BCUT2D eigenvalue weighted by Crippen LogP contribution is 2.23. The number of aryl methyl sites for hydroxylation is 1.